The minimum Gasteiger partial charge on any atom is -0.497 e. The topological polar surface area (TPSA) is 76.1 Å². The number of benzene rings is 2. The fourth-order valence-corrected chi connectivity index (χ4v) is 3.14. The molecule has 0 saturated carbocycles. The Kier molecular flexibility index (Phi) is 5.48. The molecule has 0 bridgehead atoms. The number of aryl methyl sites for hydroxylation is 2. The van der Waals surface area contributed by atoms with E-state index in [2.05, 4.69) is 20.8 Å². The van der Waals surface area contributed by atoms with Crippen molar-refractivity contribution in [1.29, 1.82) is 0 Å². The van der Waals surface area contributed by atoms with Crippen LogP contribution in [0, 0.1) is 13.8 Å². The molecule has 0 aliphatic heterocycles. The monoisotopic (exact) mass is 368 g/mol. The number of rotatable bonds is 5. The molecule has 0 radical (unpaired) electrons. The summed E-state index contributed by atoms with van der Waals surface area (Å²) in [5.74, 6) is 0.816. The number of aromatic nitrogens is 2. The van der Waals surface area contributed by atoms with Crippen LogP contribution in [-0.2, 0) is 6.42 Å². The van der Waals surface area contributed by atoms with E-state index in [-0.39, 0.29) is 6.03 Å². The summed E-state index contributed by atoms with van der Waals surface area (Å²) in [7, 11) is 1.64. The van der Waals surface area contributed by atoms with Crippen LogP contribution in [0.4, 0.5) is 15.6 Å². The van der Waals surface area contributed by atoms with E-state index in [4.69, 9.17) is 4.74 Å². The minimum atomic E-state index is -0.333. The van der Waals surface area contributed by atoms with Gasteiger partial charge in [-0.05, 0) is 54.8 Å². The maximum Gasteiger partial charge on any atom is 0.325 e. The zero-order chi connectivity index (χ0) is 18.5. The van der Waals surface area contributed by atoms with Gasteiger partial charge >= 0.3 is 6.03 Å². The van der Waals surface area contributed by atoms with Crippen LogP contribution >= 0.6 is 11.3 Å². The molecular weight excluding hydrogens is 348 g/mol. The van der Waals surface area contributed by atoms with Crippen LogP contribution in [-0.4, -0.2) is 23.3 Å². The third-order valence-electron chi connectivity index (χ3n) is 3.97. The molecule has 0 unspecified atom stereocenters. The van der Waals surface area contributed by atoms with Crippen molar-refractivity contribution in [2.24, 2.45) is 0 Å². The van der Waals surface area contributed by atoms with Gasteiger partial charge in [0, 0.05) is 12.1 Å². The number of ether oxygens (including phenoxy) is 1. The molecule has 1 aromatic heterocycles. The molecule has 0 fully saturated rings. The van der Waals surface area contributed by atoms with Crippen molar-refractivity contribution in [3.63, 3.8) is 0 Å². The molecular formula is C19H20N4O2S. The molecule has 0 aliphatic carbocycles. The zero-order valence-corrected chi connectivity index (χ0v) is 15.7. The molecule has 7 heteroatoms. The predicted molar refractivity (Wildman–Crippen MR) is 104 cm³/mol. The van der Waals surface area contributed by atoms with Crippen LogP contribution in [0.15, 0.2) is 42.5 Å². The van der Waals surface area contributed by atoms with E-state index in [1.807, 2.05) is 56.3 Å². The van der Waals surface area contributed by atoms with Crippen LogP contribution in [0.5, 0.6) is 5.75 Å². The summed E-state index contributed by atoms with van der Waals surface area (Å²) in [6.07, 6.45) is 0.655. The normalized spacial score (nSPS) is 10.4. The summed E-state index contributed by atoms with van der Waals surface area (Å²) in [5.41, 5.74) is 4.16. The van der Waals surface area contributed by atoms with Crippen LogP contribution in [0.3, 0.4) is 0 Å². The third kappa shape index (κ3) is 4.58. The Morgan fingerprint density at radius 3 is 2.50 bits per heavy atom. The van der Waals surface area contributed by atoms with Gasteiger partial charge in [0.1, 0.15) is 10.8 Å². The van der Waals surface area contributed by atoms with E-state index in [1.54, 1.807) is 7.11 Å². The molecule has 6 nitrogen and oxygen atoms in total. The van der Waals surface area contributed by atoms with Crippen molar-refractivity contribution in [3.8, 4) is 5.75 Å². The third-order valence-corrected chi connectivity index (χ3v) is 4.81. The molecule has 3 rings (SSSR count). The second-order valence-electron chi connectivity index (χ2n) is 5.90. The molecule has 0 atom stereocenters. The number of nitrogens with one attached hydrogen (secondary N) is 2. The van der Waals surface area contributed by atoms with Crippen molar-refractivity contribution in [3.05, 3.63) is 64.2 Å². The molecule has 0 saturated heterocycles. The maximum absolute atomic E-state index is 12.1. The van der Waals surface area contributed by atoms with Gasteiger partial charge in [-0.3, -0.25) is 5.32 Å². The number of anilines is 2. The molecule has 2 aromatic carbocycles. The van der Waals surface area contributed by atoms with E-state index < -0.39 is 0 Å². The van der Waals surface area contributed by atoms with Gasteiger partial charge in [0.05, 0.1) is 7.11 Å². The van der Waals surface area contributed by atoms with Gasteiger partial charge in [-0.2, -0.15) is 0 Å². The SMILES string of the molecule is COc1ccc(Cc2nnc(NC(=O)Nc3ccc(C)c(C)c3)s2)cc1. The standard InChI is InChI=1S/C19H20N4O2S/c1-12-4-7-15(10-13(12)2)20-18(24)21-19-23-22-17(26-19)11-14-5-8-16(25-3)9-6-14/h4-10H,11H2,1-3H3,(H2,20,21,23,24). The van der Waals surface area contributed by atoms with E-state index >= 15 is 0 Å². The zero-order valence-electron chi connectivity index (χ0n) is 14.9. The van der Waals surface area contributed by atoms with Crippen molar-refractivity contribution >= 4 is 28.2 Å². The Hall–Kier alpha value is -2.93. The number of carbonyl (C=O) groups is 1. The summed E-state index contributed by atoms with van der Waals surface area (Å²) in [6, 6.07) is 13.2. The molecule has 0 aliphatic rings. The summed E-state index contributed by atoms with van der Waals surface area (Å²) in [6.45, 7) is 4.04. The molecule has 134 valence electrons. The largest absolute Gasteiger partial charge is 0.497 e. The Morgan fingerprint density at radius 2 is 1.81 bits per heavy atom. The van der Waals surface area contributed by atoms with Crippen LogP contribution in [0.1, 0.15) is 21.7 Å². The molecule has 3 aromatic rings. The van der Waals surface area contributed by atoms with Crippen LogP contribution in [0.2, 0.25) is 0 Å². The molecule has 2 amide bonds. The lowest BCUT2D eigenvalue weighted by Gasteiger charge is -2.07. The van der Waals surface area contributed by atoms with Gasteiger partial charge in [0.25, 0.3) is 0 Å². The summed E-state index contributed by atoms with van der Waals surface area (Å²) in [5, 5.41) is 15.0. The quantitative estimate of drug-likeness (QED) is 0.700. The lowest BCUT2D eigenvalue weighted by molar-refractivity contribution is 0.262. The van der Waals surface area contributed by atoms with Gasteiger partial charge in [0.15, 0.2) is 0 Å². The predicted octanol–water partition coefficient (Wildman–Crippen LogP) is 4.40. The Morgan fingerprint density at radius 1 is 1.04 bits per heavy atom. The lowest BCUT2D eigenvalue weighted by Crippen LogP contribution is -2.19. The van der Waals surface area contributed by atoms with E-state index in [0.717, 1.165) is 27.6 Å². The first-order valence-corrected chi connectivity index (χ1v) is 8.95. The fourth-order valence-electron chi connectivity index (χ4n) is 2.37. The molecule has 2 N–H and O–H groups in total. The van der Waals surface area contributed by atoms with E-state index in [0.29, 0.717) is 11.6 Å². The second-order valence-corrected chi connectivity index (χ2v) is 6.97. The highest BCUT2D eigenvalue weighted by atomic mass is 32.1. The first-order valence-electron chi connectivity index (χ1n) is 8.14. The molecule has 0 spiro atoms. The van der Waals surface area contributed by atoms with Crippen molar-refractivity contribution in [2.45, 2.75) is 20.3 Å². The smallest absolute Gasteiger partial charge is 0.325 e. The number of nitrogens with zero attached hydrogens (tertiary/aromatic N) is 2. The van der Waals surface area contributed by atoms with Crippen molar-refractivity contribution < 1.29 is 9.53 Å². The Labute approximate surface area is 156 Å². The van der Waals surface area contributed by atoms with E-state index in [1.165, 1.54) is 16.9 Å². The number of hydrogen-bond donors (Lipinski definition) is 2. The highest BCUT2D eigenvalue weighted by Crippen LogP contribution is 2.21. The summed E-state index contributed by atoms with van der Waals surface area (Å²) < 4.78 is 5.15. The van der Waals surface area contributed by atoms with Crippen molar-refractivity contribution in [2.75, 3.05) is 17.7 Å². The maximum atomic E-state index is 12.1. The Bertz CT molecular complexity index is 906. The Balaban J connectivity index is 1.58. The molecule has 1 heterocycles. The minimum absolute atomic E-state index is 0.333. The highest BCUT2D eigenvalue weighted by molar-refractivity contribution is 7.15. The average molecular weight is 368 g/mol. The second kappa shape index (κ2) is 7.97. The van der Waals surface area contributed by atoms with Crippen molar-refractivity contribution in [1.82, 2.24) is 10.2 Å². The van der Waals surface area contributed by atoms with E-state index in [9.17, 15) is 4.79 Å². The fraction of sp³-hybridized carbons (Fsp3) is 0.211. The number of methoxy groups -OCH3 is 1. The average Bonchev–Trinajstić information content (AvgIpc) is 3.05. The van der Waals surface area contributed by atoms with Crippen LogP contribution < -0.4 is 15.4 Å². The molecule has 26 heavy (non-hydrogen) atoms. The van der Waals surface area contributed by atoms with Gasteiger partial charge in [-0.1, -0.05) is 29.5 Å². The van der Waals surface area contributed by atoms with Crippen LogP contribution in [0.25, 0.3) is 0 Å². The summed E-state index contributed by atoms with van der Waals surface area (Å²) in [4.78, 5) is 12.1. The van der Waals surface area contributed by atoms with Gasteiger partial charge in [0.2, 0.25) is 5.13 Å². The first kappa shape index (κ1) is 17.9. The lowest BCUT2D eigenvalue weighted by atomic mass is 10.1. The van der Waals surface area contributed by atoms with Gasteiger partial charge < -0.3 is 10.1 Å². The van der Waals surface area contributed by atoms with Gasteiger partial charge in [-0.25, -0.2) is 4.79 Å². The first-order chi connectivity index (χ1) is 12.5. The number of carbonyl (C=O) groups excluding carboxylic acids is 1. The summed E-state index contributed by atoms with van der Waals surface area (Å²) >= 11 is 1.36. The number of hydrogen-bond acceptors (Lipinski definition) is 5. The number of amides is 2. The van der Waals surface area contributed by atoms with Gasteiger partial charge in [-0.15, -0.1) is 10.2 Å². The number of urea groups is 1. The highest BCUT2D eigenvalue weighted by Gasteiger charge is 2.09.